The second-order valence-corrected chi connectivity index (χ2v) is 4.52. The molecule has 0 saturated heterocycles. The monoisotopic (exact) mass is 289 g/mol. The summed E-state index contributed by atoms with van der Waals surface area (Å²) >= 11 is 0. The number of hydrogen-bond donors (Lipinski definition) is 2. The lowest BCUT2D eigenvalue weighted by molar-refractivity contribution is -0.139. The third-order valence-electron chi connectivity index (χ3n) is 3.12. The molecule has 5 heteroatoms. The Balaban J connectivity index is 2.16. The maximum atomic E-state index is 13.2. The topological polar surface area (TPSA) is 58.6 Å². The zero-order chi connectivity index (χ0) is 15.2. The van der Waals surface area contributed by atoms with Gasteiger partial charge in [-0.15, -0.1) is 0 Å². The van der Waals surface area contributed by atoms with Crippen LogP contribution in [-0.2, 0) is 11.3 Å². The Hall–Kier alpha value is -2.40. The molecule has 21 heavy (non-hydrogen) atoms. The van der Waals surface area contributed by atoms with Gasteiger partial charge in [0.15, 0.2) is 0 Å². The van der Waals surface area contributed by atoms with Gasteiger partial charge in [-0.25, -0.2) is 4.39 Å². The maximum Gasteiger partial charge on any atom is 0.325 e. The maximum absolute atomic E-state index is 13.2. The van der Waals surface area contributed by atoms with Crippen LogP contribution in [0.4, 0.5) is 4.39 Å². The van der Waals surface area contributed by atoms with Crippen molar-refractivity contribution in [2.24, 2.45) is 0 Å². The number of rotatable bonds is 6. The van der Waals surface area contributed by atoms with Gasteiger partial charge in [-0.05, 0) is 23.8 Å². The molecule has 2 aromatic rings. The highest BCUT2D eigenvalue weighted by Crippen LogP contribution is 2.20. The third kappa shape index (κ3) is 3.79. The van der Waals surface area contributed by atoms with E-state index in [9.17, 15) is 14.3 Å². The summed E-state index contributed by atoms with van der Waals surface area (Å²) in [5, 5.41) is 12.2. The van der Waals surface area contributed by atoms with E-state index in [1.807, 2.05) is 18.2 Å². The summed E-state index contributed by atoms with van der Waals surface area (Å²) < 4.78 is 18.4. The molecule has 0 aliphatic rings. The van der Waals surface area contributed by atoms with E-state index in [0.717, 1.165) is 5.56 Å². The molecule has 2 rings (SSSR count). The van der Waals surface area contributed by atoms with Crippen molar-refractivity contribution in [2.75, 3.05) is 7.11 Å². The molecule has 0 aliphatic heterocycles. The van der Waals surface area contributed by atoms with Crippen LogP contribution < -0.4 is 10.1 Å². The fourth-order valence-corrected chi connectivity index (χ4v) is 2.09. The predicted octanol–water partition coefficient (Wildman–Crippen LogP) is 2.75. The van der Waals surface area contributed by atoms with Crippen LogP contribution in [0.1, 0.15) is 17.2 Å². The van der Waals surface area contributed by atoms with Gasteiger partial charge < -0.3 is 9.84 Å². The number of aliphatic carboxylic acids is 1. The Labute approximate surface area is 122 Å². The smallest absolute Gasteiger partial charge is 0.325 e. The lowest BCUT2D eigenvalue weighted by atomic mass is 10.1. The van der Waals surface area contributed by atoms with Gasteiger partial charge in [-0.3, -0.25) is 10.1 Å². The number of halogens is 1. The Morgan fingerprint density at radius 1 is 1.29 bits per heavy atom. The van der Waals surface area contributed by atoms with E-state index in [2.05, 4.69) is 5.32 Å². The first-order valence-electron chi connectivity index (χ1n) is 6.45. The van der Waals surface area contributed by atoms with Crippen LogP contribution in [0.15, 0.2) is 48.5 Å². The van der Waals surface area contributed by atoms with Gasteiger partial charge in [0.1, 0.15) is 17.6 Å². The van der Waals surface area contributed by atoms with E-state index in [1.165, 1.54) is 18.2 Å². The van der Waals surface area contributed by atoms with Crippen LogP contribution in [0, 0.1) is 5.82 Å². The first-order valence-corrected chi connectivity index (χ1v) is 6.45. The van der Waals surface area contributed by atoms with Crippen molar-refractivity contribution >= 4 is 5.97 Å². The average Bonchev–Trinajstić information content (AvgIpc) is 2.47. The molecule has 0 aliphatic carbocycles. The number of carboxylic acids is 1. The van der Waals surface area contributed by atoms with Gasteiger partial charge >= 0.3 is 5.97 Å². The molecule has 0 radical (unpaired) electrons. The molecule has 2 N–H and O–H groups in total. The summed E-state index contributed by atoms with van der Waals surface area (Å²) in [5.74, 6) is -0.846. The van der Waals surface area contributed by atoms with Crippen molar-refractivity contribution in [1.82, 2.24) is 5.32 Å². The van der Waals surface area contributed by atoms with E-state index in [4.69, 9.17) is 4.74 Å². The van der Waals surface area contributed by atoms with Gasteiger partial charge in [0, 0.05) is 12.1 Å². The fraction of sp³-hybridized carbons (Fsp3) is 0.188. The number of nitrogens with one attached hydrogen (secondary N) is 1. The van der Waals surface area contributed by atoms with E-state index in [-0.39, 0.29) is 0 Å². The molecular weight excluding hydrogens is 273 g/mol. The van der Waals surface area contributed by atoms with Gasteiger partial charge in [-0.2, -0.15) is 0 Å². The van der Waals surface area contributed by atoms with Crippen LogP contribution in [0.3, 0.4) is 0 Å². The molecule has 0 bridgehead atoms. The molecular formula is C16H16FNO3. The van der Waals surface area contributed by atoms with Gasteiger partial charge in [0.05, 0.1) is 7.11 Å². The summed E-state index contributed by atoms with van der Waals surface area (Å²) in [7, 11) is 1.56. The molecule has 2 aromatic carbocycles. The summed E-state index contributed by atoms with van der Waals surface area (Å²) in [6, 6.07) is 11.9. The standard InChI is InChI=1S/C16H16FNO3/c1-21-14-8-3-2-5-12(14)10-18-15(16(19)20)11-6-4-7-13(17)9-11/h2-9,15,18H,10H2,1H3,(H,19,20). The quantitative estimate of drug-likeness (QED) is 0.858. The van der Waals surface area contributed by atoms with Crippen LogP contribution in [-0.4, -0.2) is 18.2 Å². The predicted molar refractivity (Wildman–Crippen MR) is 76.6 cm³/mol. The Morgan fingerprint density at radius 3 is 2.71 bits per heavy atom. The first-order chi connectivity index (χ1) is 10.1. The first kappa shape index (κ1) is 15.0. The second kappa shape index (κ2) is 6.85. The highest BCUT2D eigenvalue weighted by molar-refractivity contribution is 5.75. The molecule has 1 unspecified atom stereocenters. The summed E-state index contributed by atoms with van der Waals surface area (Å²) in [6.45, 7) is 0.303. The van der Waals surface area contributed by atoms with Crippen LogP contribution in [0.5, 0.6) is 5.75 Å². The number of carboxylic acid groups (broad SMARTS) is 1. The largest absolute Gasteiger partial charge is 0.496 e. The fourth-order valence-electron chi connectivity index (χ4n) is 2.09. The molecule has 0 spiro atoms. The van der Waals surface area contributed by atoms with Crippen LogP contribution in [0.25, 0.3) is 0 Å². The number of carbonyl (C=O) groups is 1. The summed E-state index contributed by atoms with van der Waals surface area (Å²) in [5.41, 5.74) is 1.21. The van der Waals surface area contributed by atoms with Crippen molar-refractivity contribution in [3.8, 4) is 5.75 Å². The Bertz CT molecular complexity index is 630. The van der Waals surface area contributed by atoms with Gasteiger partial charge in [0.2, 0.25) is 0 Å². The zero-order valence-corrected chi connectivity index (χ0v) is 11.5. The number of ether oxygens (including phenoxy) is 1. The van der Waals surface area contributed by atoms with Crippen molar-refractivity contribution in [2.45, 2.75) is 12.6 Å². The summed E-state index contributed by atoms with van der Waals surface area (Å²) in [4.78, 5) is 11.4. The van der Waals surface area contributed by atoms with E-state index in [1.54, 1.807) is 19.2 Å². The van der Waals surface area contributed by atoms with E-state index in [0.29, 0.717) is 17.9 Å². The van der Waals surface area contributed by atoms with Crippen LogP contribution >= 0.6 is 0 Å². The molecule has 0 fully saturated rings. The minimum atomic E-state index is -1.06. The molecule has 0 aromatic heterocycles. The number of hydrogen-bond acceptors (Lipinski definition) is 3. The van der Waals surface area contributed by atoms with Crippen molar-refractivity contribution < 1.29 is 19.0 Å². The molecule has 1 atom stereocenters. The molecule has 0 saturated carbocycles. The van der Waals surface area contributed by atoms with Crippen molar-refractivity contribution in [1.29, 1.82) is 0 Å². The molecule has 110 valence electrons. The van der Waals surface area contributed by atoms with E-state index < -0.39 is 17.8 Å². The minimum Gasteiger partial charge on any atom is -0.496 e. The molecule has 4 nitrogen and oxygen atoms in total. The van der Waals surface area contributed by atoms with Crippen molar-refractivity contribution in [3.05, 3.63) is 65.5 Å². The highest BCUT2D eigenvalue weighted by Gasteiger charge is 2.20. The Kier molecular flexibility index (Phi) is 4.90. The number of para-hydroxylation sites is 1. The summed E-state index contributed by atoms with van der Waals surface area (Å²) in [6.07, 6.45) is 0. The average molecular weight is 289 g/mol. The molecule has 0 heterocycles. The van der Waals surface area contributed by atoms with E-state index >= 15 is 0 Å². The second-order valence-electron chi connectivity index (χ2n) is 4.52. The van der Waals surface area contributed by atoms with Gasteiger partial charge in [0.25, 0.3) is 0 Å². The van der Waals surface area contributed by atoms with Gasteiger partial charge in [-0.1, -0.05) is 30.3 Å². The number of methoxy groups -OCH3 is 1. The lowest BCUT2D eigenvalue weighted by Gasteiger charge is -2.16. The highest BCUT2D eigenvalue weighted by atomic mass is 19.1. The number of benzene rings is 2. The third-order valence-corrected chi connectivity index (χ3v) is 3.12. The van der Waals surface area contributed by atoms with Crippen LogP contribution in [0.2, 0.25) is 0 Å². The SMILES string of the molecule is COc1ccccc1CNC(C(=O)O)c1cccc(F)c1. The normalized spacial score (nSPS) is 11.9. The Morgan fingerprint density at radius 2 is 2.05 bits per heavy atom. The minimum absolute atomic E-state index is 0.303. The van der Waals surface area contributed by atoms with Crippen molar-refractivity contribution in [3.63, 3.8) is 0 Å². The lowest BCUT2D eigenvalue weighted by Crippen LogP contribution is -2.28. The zero-order valence-electron chi connectivity index (χ0n) is 11.5. The molecule has 0 amide bonds.